The van der Waals surface area contributed by atoms with Gasteiger partial charge < -0.3 is 10.1 Å². The summed E-state index contributed by atoms with van der Waals surface area (Å²) in [5.41, 5.74) is 2.12. The van der Waals surface area contributed by atoms with Crippen LogP contribution in [-0.4, -0.2) is 13.0 Å². The minimum atomic E-state index is 0.108. The molecule has 1 amide bonds. The lowest BCUT2D eigenvalue weighted by molar-refractivity contribution is -0.117. The zero-order valence-corrected chi connectivity index (χ0v) is 9.91. The number of carbonyl (C=O) groups is 1. The van der Waals surface area contributed by atoms with E-state index in [1.54, 1.807) is 7.11 Å². The molecule has 3 nitrogen and oxygen atoms in total. The molecule has 1 aliphatic heterocycles. The third-order valence-electron chi connectivity index (χ3n) is 3.14. The van der Waals surface area contributed by atoms with Crippen molar-refractivity contribution in [3.8, 4) is 5.75 Å². The van der Waals surface area contributed by atoms with E-state index in [-0.39, 0.29) is 5.91 Å². The summed E-state index contributed by atoms with van der Waals surface area (Å²) in [7, 11) is 1.66. The number of methoxy groups -OCH3 is 1. The number of rotatable bonds is 2. The number of fused-ring (bicyclic) bond motifs is 1. The van der Waals surface area contributed by atoms with E-state index >= 15 is 0 Å². The van der Waals surface area contributed by atoms with Crippen molar-refractivity contribution < 1.29 is 9.53 Å². The van der Waals surface area contributed by atoms with Gasteiger partial charge in [0.2, 0.25) is 5.91 Å². The van der Waals surface area contributed by atoms with Crippen LogP contribution in [0.5, 0.6) is 5.75 Å². The molecule has 1 heterocycles. The van der Waals surface area contributed by atoms with Gasteiger partial charge in [0.15, 0.2) is 0 Å². The quantitative estimate of drug-likeness (QED) is 0.830. The van der Waals surface area contributed by atoms with Crippen molar-refractivity contribution in [3.05, 3.63) is 23.8 Å². The minimum Gasteiger partial charge on any atom is -0.497 e. The van der Waals surface area contributed by atoms with Gasteiger partial charge in [0, 0.05) is 12.1 Å². The second-order valence-electron chi connectivity index (χ2n) is 4.56. The minimum absolute atomic E-state index is 0.108. The fraction of sp³-hybridized carbons (Fsp3) is 0.462. The van der Waals surface area contributed by atoms with E-state index in [2.05, 4.69) is 19.2 Å². The maximum Gasteiger partial charge on any atom is 0.225 e. The molecular weight excluding hydrogens is 202 g/mol. The Morgan fingerprint density at radius 3 is 2.81 bits per heavy atom. The normalized spacial score (nSPS) is 19.2. The monoisotopic (exact) mass is 219 g/mol. The maximum absolute atomic E-state index is 11.6. The van der Waals surface area contributed by atoms with Gasteiger partial charge in [-0.2, -0.15) is 0 Å². The van der Waals surface area contributed by atoms with Crippen LogP contribution in [0.15, 0.2) is 18.2 Å². The van der Waals surface area contributed by atoms with Crippen LogP contribution in [0.1, 0.15) is 31.7 Å². The van der Waals surface area contributed by atoms with E-state index in [9.17, 15) is 4.79 Å². The molecule has 1 N–H and O–H groups in total. The predicted octanol–water partition coefficient (Wildman–Crippen LogP) is 2.78. The Morgan fingerprint density at radius 1 is 1.44 bits per heavy atom. The number of ether oxygens (including phenoxy) is 1. The Kier molecular flexibility index (Phi) is 2.86. The number of nitrogens with one attached hydrogen (secondary N) is 1. The first-order chi connectivity index (χ1) is 7.61. The van der Waals surface area contributed by atoms with Crippen LogP contribution in [-0.2, 0) is 4.79 Å². The second-order valence-corrected chi connectivity index (χ2v) is 4.56. The molecule has 0 bridgehead atoms. The molecule has 3 heteroatoms. The molecule has 0 saturated carbocycles. The van der Waals surface area contributed by atoms with E-state index in [4.69, 9.17) is 4.74 Å². The average molecular weight is 219 g/mol. The molecule has 1 unspecified atom stereocenters. The van der Waals surface area contributed by atoms with E-state index in [0.717, 1.165) is 11.4 Å². The Hall–Kier alpha value is -1.51. The van der Waals surface area contributed by atoms with Crippen molar-refractivity contribution in [1.29, 1.82) is 0 Å². The lowest BCUT2D eigenvalue weighted by Crippen LogP contribution is -2.25. The summed E-state index contributed by atoms with van der Waals surface area (Å²) in [4.78, 5) is 11.6. The van der Waals surface area contributed by atoms with Gasteiger partial charge in [0.05, 0.1) is 7.11 Å². The molecule has 0 aromatic heterocycles. The Labute approximate surface area is 95.8 Å². The number of hydrogen-bond donors (Lipinski definition) is 1. The van der Waals surface area contributed by atoms with Gasteiger partial charge in [-0.25, -0.2) is 0 Å². The van der Waals surface area contributed by atoms with Gasteiger partial charge in [-0.15, -0.1) is 0 Å². The van der Waals surface area contributed by atoms with Gasteiger partial charge >= 0.3 is 0 Å². The molecule has 1 aliphatic rings. The van der Waals surface area contributed by atoms with Crippen molar-refractivity contribution in [3.63, 3.8) is 0 Å². The van der Waals surface area contributed by atoms with Crippen LogP contribution in [0.25, 0.3) is 0 Å². The van der Waals surface area contributed by atoms with Gasteiger partial charge in [0.25, 0.3) is 0 Å². The fourth-order valence-corrected chi connectivity index (χ4v) is 2.19. The second kappa shape index (κ2) is 4.16. The number of anilines is 1. The van der Waals surface area contributed by atoms with Crippen molar-refractivity contribution in [2.75, 3.05) is 12.4 Å². The first-order valence-corrected chi connectivity index (χ1v) is 5.59. The molecular formula is C13H17NO2. The zero-order valence-electron chi connectivity index (χ0n) is 9.91. The fourth-order valence-electron chi connectivity index (χ4n) is 2.19. The van der Waals surface area contributed by atoms with Crippen molar-refractivity contribution >= 4 is 11.6 Å². The number of hydrogen-bond acceptors (Lipinski definition) is 2. The molecule has 2 rings (SSSR count). The van der Waals surface area contributed by atoms with Crippen molar-refractivity contribution in [2.24, 2.45) is 5.92 Å². The first-order valence-electron chi connectivity index (χ1n) is 5.59. The summed E-state index contributed by atoms with van der Waals surface area (Å²) in [6.07, 6.45) is 0.567. The third-order valence-corrected chi connectivity index (χ3v) is 3.14. The summed E-state index contributed by atoms with van der Waals surface area (Å²) >= 11 is 0. The average Bonchev–Trinajstić information content (AvgIpc) is 2.27. The standard InChI is InChI=1S/C13H17NO2/c1-8(2)10-7-13(15)14-12-5-4-9(16-3)6-11(10)12/h4-6,8,10H,7H2,1-3H3,(H,14,15). The highest BCUT2D eigenvalue weighted by atomic mass is 16.5. The molecule has 1 atom stereocenters. The number of carbonyl (C=O) groups excluding carboxylic acids is 1. The zero-order chi connectivity index (χ0) is 11.7. The SMILES string of the molecule is COc1ccc2c(c1)C(C(C)C)CC(=O)N2. The Balaban J connectivity index is 2.45. The van der Waals surface area contributed by atoms with E-state index in [1.807, 2.05) is 18.2 Å². The summed E-state index contributed by atoms with van der Waals surface area (Å²) in [5.74, 6) is 1.70. The van der Waals surface area contributed by atoms with Gasteiger partial charge in [0.1, 0.15) is 5.75 Å². The highest BCUT2D eigenvalue weighted by molar-refractivity contribution is 5.94. The summed E-state index contributed by atoms with van der Waals surface area (Å²) < 4.78 is 5.22. The van der Waals surface area contributed by atoms with Crippen LogP contribution in [0.3, 0.4) is 0 Å². The highest BCUT2D eigenvalue weighted by Gasteiger charge is 2.27. The largest absolute Gasteiger partial charge is 0.497 e. The number of amides is 1. The molecule has 1 aromatic rings. The predicted molar refractivity (Wildman–Crippen MR) is 63.8 cm³/mol. The van der Waals surface area contributed by atoms with Crippen LogP contribution in [0, 0.1) is 5.92 Å². The topological polar surface area (TPSA) is 38.3 Å². The van der Waals surface area contributed by atoms with Crippen molar-refractivity contribution in [2.45, 2.75) is 26.2 Å². The summed E-state index contributed by atoms with van der Waals surface area (Å²) in [6, 6.07) is 5.82. The molecule has 0 aliphatic carbocycles. The molecule has 1 aromatic carbocycles. The van der Waals surface area contributed by atoms with Gasteiger partial charge in [-0.05, 0) is 35.6 Å². The highest BCUT2D eigenvalue weighted by Crippen LogP contribution is 2.38. The maximum atomic E-state index is 11.6. The van der Waals surface area contributed by atoms with E-state index < -0.39 is 0 Å². The summed E-state index contributed by atoms with van der Waals surface area (Å²) in [5, 5.41) is 2.90. The third kappa shape index (κ3) is 1.90. The van der Waals surface area contributed by atoms with Crippen LogP contribution < -0.4 is 10.1 Å². The molecule has 0 radical (unpaired) electrons. The van der Waals surface area contributed by atoms with Gasteiger partial charge in [-0.3, -0.25) is 4.79 Å². The Bertz CT molecular complexity index is 412. The summed E-state index contributed by atoms with van der Waals surface area (Å²) in [6.45, 7) is 4.29. The first kappa shape index (κ1) is 11.0. The molecule has 86 valence electrons. The van der Waals surface area contributed by atoms with Crippen LogP contribution in [0.2, 0.25) is 0 Å². The smallest absolute Gasteiger partial charge is 0.225 e. The lowest BCUT2D eigenvalue weighted by Gasteiger charge is -2.28. The molecule has 0 saturated heterocycles. The van der Waals surface area contributed by atoms with E-state index in [0.29, 0.717) is 18.3 Å². The molecule has 16 heavy (non-hydrogen) atoms. The van der Waals surface area contributed by atoms with E-state index in [1.165, 1.54) is 5.56 Å². The van der Waals surface area contributed by atoms with Gasteiger partial charge in [-0.1, -0.05) is 13.8 Å². The lowest BCUT2D eigenvalue weighted by atomic mass is 9.82. The molecule has 0 fully saturated rings. The van der Waals surface area contributed by atoms with Crippen LogP contribution >= 0.6 is 0 Å². The van der Waals surface area contributed by atoms with Crippen LogP contribution in [0.4, 0.5) is 5.69 Å². The molecule has 0 spiro atoms. The number of benzene rings is 1. The van der Waals surface area contributed by atoms with Crippen molar-refractivity contribution in [1.82, 2.24) is 0 Å². The Morgan fingerprint density at radius 2 is 2.19 bits per heavy atom.